The van der Waals surface area contributed by atoms with Crippen molar-refractivity contribution in [1.82, 2.24) is 24.7 Å². The molecule has 1 atom stereocenters. The van der Waals surface area contributed by atoms with Gasteiger partial charge in [-0.3, -0.25) is 4.68 Å². The first kappa shape index (κ1) is 24.2. The molecular formula is C29H32N8. The molecule has 0 amide bonds. The molecule has 0 spiro atoms. The summed E-state index contributed by atoms with van der Waals surface area (Å²) in [7, 11) is 0. The summed E-state index contributed by atoms with van der Waals surface area (Å²) < 4.78 is 2.01. The Labute approximate surface area is 217 Å². The molecule has 2 aromatic carbocycles. The van der Waals surface area contributed by atoms with Gasteiger partial charge in [0.2, 0.25) is 0 Å². The van der Waals surface area contributed by atoms with E-state index in [1.807, 2.05) is 35.3 Å². The Morgan fingerprint density at radius 2 is 1.65 bits per heavy atom. The predicted octanol–water partition coefficient (Wildman–Crippen LogP) is 5.64. The van der Waals surface area contributed by atoms with E-state index in [9.17, 15) is 0 Å². The molecule has 0 aliphatic rings. The van der Waals surface area contributed by atoms with Crippen molar-refractivity contribution in [3.8, 4) is 0 Å². The molecule has 0 fully saturated rings. The van der Waals surface area contributed by atoms with E-state index in [-0.39, 0.29) is 6.04 Å². The van der Waals surface area contributed by atoms with Gasteiger partial charge in [-0.25, -0.2) is 15.0 Å². The molecule has 0 aliphatic heterocycles. The zero-order valence-corrected chi connectivity index (χ0v) is 21.4. The highest BCUT2D eigenvalue weighted by Gasteiger charge is 2.12. The number of nitrogens with two attached hydrogens (primary N) is 1. The number of benzene rings is 2. The maximum Gasteiger partial charge on any atom is 0.131 e. The number of aromatic nitrogens is 5. The Balaban J connectivity index is 1.23. The molecule has 5 aromatic rings. The van der Waals surface area contributed by atoms with Crippen LogP contribution in [0.4, 0.5) is 17.5 Å². The van der Waals surface area contributed by atoms with E-state index in [2.05, 4.69) is 81.8 Å². The fourth-order valence-corrected chi connectivity index (χ4v) is 4.82. The molecule has 1 unspecified atom stereocenters. The summed E-state index contributed by atoms with van der Waals surface area (Å²) >= 11 is 0. The Morgan fingerprint density at radius 3 is 2.35 bits per heavy atom. The van der Waals surface area contributed by atoms with E-state index in [0.29, 0.717) is 18.9 Å². The number of nitrogen functional groups attached to an aromatic ring is 1. The third-order valence-electron chi connectivity index (χ3n) is 6.90. The average molecular weight is 493 g/mol. The summed E-state index contributed by atoms with van der Waals surface area (Å²) in [4.78, 5) is 13.0. The fraction of sp³-hybridized carbons (Fsp3) is 0.241. The minimum atomic E-state index is 0.247. The van der Waals surface area contributed by atoms with Crippen molar-refractivity contribution in [3.05, 3.63) is 101 Å². The summed E-state index contributed by atoms with van der Waals surface area (Å²) in [5.74, 6) is 2.11. The number of fused-ring (bicyclic) bond motifs is 1. The molecule has 8 heteroatoms. The minimum Gasteiger partial charge on any atom is -0.383 e. The highest BCUT2D eigenvalue weighted by molar-refractivity contribution is 5.94. The van der Waals surface area contributed by atoms with Crippen LogP contribution in [0.25, 0.3) is 10.8 Å². The zero-order valence-electron chi connectivity index (χ0n) is 21.4. The van der Waals surface area contributed by atoms with Gasteiger partial charge in [0.05, 0.1) is 6.04 Å². The van der Waals surface area contributed by atoms with Crippen molar-refractivity contribution in [2.24, 2.45) is 0 Å². The molecule has 0 aliphatic carbocycles. The summed E-state index contributed by atoms with van der Waals surface area (Å²) in [6.07, 6.45) is 8.16. The number of nitrogens with zero attached hydrogens (tertiary/aromatic N) is 5. The second-order valence-electron chi connectivity index (χ2n) is 9.24. The van der Waals surface area contributed by atoms with Crippen LogP contribution in [-0.4, -0.2) is 24.7 Å². The largest absolute Gasteiger partial charge is 0.383 e. The standard InChI is InChI=1S/C29H32N8/c1-4-26(37-13-5-11-36-37)22-8-6-21(7-9-22)16-32-27-15-28(35-18-34-27)33-17-25-19(2)14-24-23(20(25)3)10-12-31-29(24)30/h5-15,18,26H,4,16-17H2,1-3H3,(H2,30,31)(H2,32,33,34,35). The van der Waals surface area contributed by atoms with Gasteiger partial charge >= 0.3 is 0 Å². The van der Waals surface area contributed by atoms with E-state index in [4.69, 9.17) is 5.73 Å². The molecule has 4 N–H and O–H groups in total. The van der Waals surface area contributed by atoms with Crippen molar-refractivity contribution < 1.29 is 0 Å². The van der Waals surface area contributed by atoms with Crippen molar-refractivity contribution in [2.75, 3.05) is 16.4 Å². The van der Waals surface area contributed by atoms with Gasteiger partial charge in [-0.1, -0.05) is 31.2 Å². The van der Waals surface area contributed by atoms with Crippen molar-refractivity contribution in [2.45, 2.75) is 46.3 Å². The molecule has 0 radical (unpaired) electrons. The summed E-state index contributed by atoms with van der Waals surface area (Å²) in [6, 6.07) is 16.9. The molecular weight excluding hydrogens is 460 g/mol. The molecule has 8 nitrogen and oxygen atoms in total. The van der Waals surface area contributed by atoms with Crippen LogP contribution in [0, 0.1) is 13.8 Å². The van der Waals surface area contributed by atoms with Gasteiger partial charge in [0.1, 0.15) is 23.8 Å². The van der Waals surface area contributed by atoms with E-state index in [1.165, 1.54) is 27.8 Å². The maximum absolute atomic E-state index is 6.09. The van der Waals surface area contributed by atoms with Gasteiger partial charge in [-0.2, -0.15) is 5.10 Å². The first-order valence-corrected chi connectivity index (χ1v) is 12.5. The zero-order chi connectivity index (χ0) is 25.8. The van der Waals surface area contributed by atoms with Crippen molar-refractivity contribution in [3.63, 3.8) is 0 Å². The van der Waals surface area contributed by atoms with E-state index in [1.54, 1.807) is 12.5 Å². The monoisotopic (exact) mass is 492 g/mol. The Kier molecular flexibility index (Phi) is 6.98. The van der Waals surface area contributed by atoms with E-state index in [0.717, 1.165) is 28.8 Å². The molecule has 188 valence electrons. The van der Waals surface area contributed by atoms with Gasteiger partial charge in [-0.15, -0.1) is 0 Å². The maximum atomic E-state index is 6.09. The number of hydrogen-bond acceptors (Lipinski definition) is 7. The number of anilines is 3. The molecule has 3 aromatic heterocycles. The molecule has 0 saturated carbocycles. The quantitative estimate of drug-likeness (QED) is 0.244. The summed E-state index contributed by atoms with van der Waals surface area (Å²) in [5, 5.41) is 13.4. The summed E-state index contributed by atoms with van der Waals surface area (Å²) in [5.41, 5.74) is 12.1. The normalized spacial score (nSPS) is 12.0. The molecule has 3 heterocycles. The Hall–Kier alpha value is -4.46. The smallest absolute Gasteiger partial charge is 0.131 e. The third-order valence-corrected chi connectivity index (χ3v) is 6.90. The summed E-state index contributed by atoms with van der Waals surface area (Å²) in [6.45, 7) is 7.74. The van der Waals surface area contributed by atoms with Crippen LogP contribution in [0.15, 0.2) is 73.4 Å². The molecule has 0 saturated heterocycles. The van der Waals surface area contributed by atoms with Gasteiger partial charge in [-0.05, 0) is 71.7 Å². The van der Waals surface area contributed by atoms with E-state index >= 15 is 0 Å². The van der Waals surface area contributed by atoms with Crippen LogP contribution in [-0.2, 0) is 13.1 Å². The van der Waals surface area contributed by atoms with Crippen LogP contribution < -0.4 is 16.4 Å². The number of nitrogens with one attached hydrogen (secondary N) is 2. The van der Waals surface area contributed by atoms with Crippen LogP contribution in [0.1, 0.15) is 47.2 Å². The van der Waals surface area contributed by atoms with Gasteiger partial charge in [0.25, 0.3) is 0 Å². The lowest BCUT2D eigenvalue weighted by atomic mass is 9.96. The van der Waals surface area contributed by atoms with Gasteiger partial charge in [0.15, 0.2) is 0 Å². The Bertz CT molecular complexity index is 1490. The Morgan fingerprint density at radius 1 is 0.892 bits per heavy atom. The van der Waals surface area contributed by atoms with E-state index < -0.39 is 0 Å². The van der Waals surface area contributed by atoms with Crippen LogP contribution in [0.3, 0.4) is 0 Å². The molecule has 37 heavy (non-hydrogen) atoms. The lowest BCUT2D eigenvalue weighted by Crippen LogP contribution is -2.10. The lowest BCUT2D eigenvalue weighted by Gasteiger charge is -2.17. The topological polar surface area (TPSA) is 107 Å². The second kappa shape index (κ2) is 10.7. The molecule has 0 bridgehead atoms. The van der Waals surface area contributed by atoms with Crippen LogP contribution in [0.5, 0.6) is 0 Å². The van der Waals surface area contributed by atoms with Crippen molar-refractivity contribution in [1.29, 1.82) is 0 Å². The van der Waals surface area contributed by atoms with Crippen LogP contribution in [0.2, 0.25) is 0 Å². The third kappa shape index (κ3) is 5.23. The lowest BCUT2D eigenvalue weighted by molar-refractivity contribution is 0.509. The van der Waals surface area contributed by atoms with Crippen molar-refractivity contribution >= 4 is 28.2 Å². The number of pyridine rings is 1. The van der Waals surface area contributed by atoms with Gasteiger partial charge < -0.3 is 16.4 Å². The highest BCUT2D eigenvalue weighted by atomic mass is 15.3. The second-order valence-corrected chi connectivity index (χ2v) is 9.24. The minimum absolute atomic E-state index is 0.247. The number of rotatable bonds is 9. The van der Waals surface area contributed by atoms with Gasteiger partial charge in [0, 0.05) is 43.1 Å². The van der Waals surface area contributed by atoms with Crippen LogP contribution >= 0.6 is 0 Å². The number of aryl methyl sites for hydroxylation is 2. The SMILES string of the molecule is CCC(c1ccc(CNc2cc(NCc3c(C)cc4c(N)nccc4c3C)ncn2)cc1)n1cccn1. The first-order chi connectivity index (χ1) is 18.0. The predicted molar refractivity (Wildman–Crippen MR) is 149 cm³/mol. The average Bonchev–Trinajstić information content (AvgIpc) is 3.44. The first-order valence-electron chi connectivity index (χ1n) is 12.5. The highest BCUT2D eigenvalue weighted by Crippen LogP contribution is 2.28. The molecule has 5 rings (SSSR count). The fourth-order valence-electron chi connectivity index (χ4n) is 4.82. The number of hydrogen-bond donors (Lipinski definition) is 3.